The Labute approximate surface area is 106 Å². The zero-order valence-electron chi connectivity index (χ0n) is 10.6. The van der Waals surface area contributed by atoms with Gasteiger partial charge in [-0.05, 0) is 26.0 Å². The molecule has 0 saturated heterocycles. The van der Waals surface area contributed by atoms with Gasteiger partial charge in [-0.25, -0.2) is 0 Å². The van der Waals surface area contributed by atoms with Crippen LogP contribution in [0.5, 0.6) is 0 Å². The van der Waals surface area contributed by atoms with Crippen molar-refractivity contribution in [3.05, 3.63) is 36.4 Å². The van der Waals surface area contributed by atoms with Crippen LogP contribution in [0.1, 0.15) is 30.4 Å². The Morgan fingerprint density at radius 3 is 2.89 bits per heavy atom. The smallest absolute Gasteiger partial charge is 0.271 e. The van der Waals surface area contributed by atoms with E-state index in [-0.39, 0.29) is 11.9 Å². The van der Waals surface area contributed by atoms with Crippen LogP contribution in [0.3, 0.4) is 0 Å². The first kappa shape index (κ1) is 12.3. The Bertz CT molecular complexity index is 500. The van der Waals surface area contributed by atoms with Crippen molar-refractivity contribution >= 4 is 5.91 Å². The van der Waals surface area contributed by atoms with Gasteiger partial charge < -0.3 is 5.32 Å². The number of rotatable bonds is 5. The molecule has 2 aromatic heterocycles. The Morgan fingerprint density at radius 2 is 2.28 bits per heavy atom. The summed E-state index contributed by atoms with van der Waals surface area (Å²) in [5.41, 5.74) is 0.448. The van der Waals surface area contributed by atoms with Crippen molar-refractivity contribution in [3.63, 3.8) is 0 Å². The summed E-state index contributed by atoms with van der Waals surface area (Å²) in [6.07, 6.45) is 5.39. The van der Waals surface area contributed by atoms with E-state index in [4.69, 9.17) is 0 Å². The van der Waals surface area contributed by atoms with Gasteiger partial charge in [-0.2, -0.15) is 10.2 Å². The van der Waals surface area contributed by atoms with E-state index in [0.717, 1.165) is 0 Å². The van der Waals surface area contributed by atoms with E-state index in [2.05, 4.69) is 15.5 Å². The number of amides is 1. The van der Waals surface area contributed by atoms with E-state index in [1.165, 1.54) is 0 Å². The number of carbonyl (C=O) groups excluding carboxylic acids is 1. The third kappa shape index (κ3) is 2.97. The van der Waals surface area contributed by atoms with Crippen LogP contribution in [0.4, 0.5) is 0 Å². The molecule has 0 unspecified atom stereocenters. The van der Waals surface area contributed by atoms with Crippen LogP contribution in [0.15, 0.2) is 30.7 Å². The van der Waals surface area contributed by atoms with Gasteiger partial charge in [-0.3, -0.25) is 14.2 Å². The molecule has 6 heteroatoms. The summed E-state index contributed by atoms with van der Waals surface area (Å²) < 4.78 is 3.54. The minimum Gasteiger partial charge on any atom is -0.349 e. The number of hydrogen-bond donors (Lipinski definition) is 1. The summed E-state index contributed by atoms with van der Waals surface area (Å²) in [6.45, 7) is 5.23. The molecule has 0 fully saturated rings. The van der Waals surface area contributed by atoms with Gasteiger partial charge >= 0.3 is 0 Å². The van der Waals surface area contributed by atoms with E-state index in [9.17, 15) is 4.79 Å². The molecule has 2 aromatic rings. The summed E-state index contributed by atoms with van der Waals surface area (Å²) in [6, 6.07) is 3.84. The van der Waals surface area contributed by atoms with Gasteiger partial charge in [-0.1, -0.05) is 0 Å². The minimum atomic E-state index is -0.151. The fraction of sp³-hybridized carbons (Fsp3) is 0.417. The van der Waals surface area contributed by atoms with Gasteiger partial charge in [0.15, 0.2) is 0 Å². The number of nitrogens with one attached hydrogen (secondary N) is 1. The molecular weight excluding hydrogens is 230 g/mol. The maximum absolute atomic E-state index is 11.8. The highest BCUT2D eigenvalue weighted by Gasteiger charge is 2.09. The highest BCUT2D eigenvalue weighted by Crippen LogP contribution is 2.03. The summed E-state index contributed by atoms with van der Waals surface area (Å²) in [7, 11) is 0. The van der Waals surface area contributed by atoms with Crippen LogP contribution < -0.4 is 5.32 Å². The number of hydrogen-bond acceptors (Lipinski definition) is 3. The Kier molecular flexibility index (Phi) is 3.76. The van der Waals surface area contributed by atoms with Crippen molar-refractivity contribution in [2.24, 2.45) is 0 Å². The van der Waals surface area contributed by atoms with Gasteiger partial charge in [0, 0.05) is 31.2 Å². The first-order chi connectivity index (χ1) is 8.66. The Balaban J connectivity index is 1.83. The van der Waals surface area contributed by atoms with Crippen LogP contribution in [0, 0.1) is 0 Å². The lowest BCUT2D eigenvalue weighted by Crippen LogP contribution is -2.27. The quantitative estimate of drug-likeness (QED) is 0.860. The predicted octanol–water partition coefficient (Wildman–Crippen LogP) is 1.09. The highest BCUT2D eigenvalue weighted by molar-refractivity contribution is 5.92. The van der Waals surface area contributed by atoms with Crippen molar-refractivity contribution in [2.75, 3.05) is 6.54 Å². The predicted molar refractivity (Wildman–Crippen MR) is 67.2 cm³/mol. The largest absolute Gasteiger partial charge is 0.349 e. The van der Waals surface area contributed by atoms with Crippen molar-refractivity contribution in [1.82, 2.24) is 24.9 Å². The molecule has 2 heterocycles. The molecule has 0 bridgehead atoms. The Hall–Kier alpha value is -2.11. The first-order valence-electron chi connectivity index (χ1n) is 5.97. The third-order valence-corrected chi connectivity index (χ3v) is 2.56. The number of carbonyl (C=O) groups is 1. The summed E-state index contributed by atoms with van der Waals surface area (Å²) in [5.74, 6) is -0.151. The van der Waals surface area contributed by atoms with Crippen LogP contribution in [0.2, 0.25) is 0 Å². The van der Waals surface area contributed by atoms with E-state index >= 15 is 0 Å². The molecule has 0 aliphatic carbocycles. The fourth-order valence-corrected chi connectivity index (χ4v) is 1.55. The zero-order chi connectivity index (χ0) is 13.0. The van der Waals surface area contributed by atoms with Gasteiger partial charge in [-0.15, -0.1) is 0 Å². The summed E-state index contributed by atoms with van der Waals surface area (Å²) in [4.78, 5) is 11.8. The van der Waals surface area contributed by atoms with E-state index in [1.807, 2.05) is 32.3 Å². The molecule has 0 spiro atoms. The average molecular weight is 247 g/mol. The third-order valence-electron chi connectivity index (χ3n) is 2.56. The monoisotopic (exact) mass is 247 g/mol. The number of nitrogens with zero attached hydrogens (tertiary/aromatic N) is 4. The molecule has 0 radical (unpaired) electrons. The lowest BCUT2D eigenvalue weighted by Gasteiger charge is -2.05. The zero-order valence-corrected chi connectivity index (χ0v) is 10.6. The summed E-state index contributed by atoms with van der Waals surface area (Å²) >= 11 is 0. The van der Waals surface area contributed by atoms with Gasteiger partial charge in [0.1, 0.15) is 5.69 Å². The molecule has 6 nitrogen and oxygen atoms in total. The second kappa shape index (κ2) is 5.48. The van der Waals surface area contributed by atoms with E-state index in [0.29, 0.717) is 18.8 Å². The molecule has 1 amide bonds. The second-order valence-corrected chi connectivity index (χ2v) is 4.30. The van der Waals surface area contributed by atoms with Crippen LogP contribution in [-0.4, -0.2) is 32.0 Å². The minimum absolute atomic E-state index is 0.151. The molecule has 2 rings (SSSR count). The van der Waals surface area contributed by atoms with Gasteiger partial charge in [0.2, 0.25) is 0 Å². The normalized spacial score (nSPS) is 10.8. The second-order valence-electron chi connectivity index (χ2n) is 4.30. The van der Waals surface area contributed by atoms with Gasteiger partial charge in [0.05, 0.1) is 6.54 Å². The molecule has 18 heavy (non-hydrogen) atoms. The molecule has 0 aliphatic heterocycles. The van der Waals surface area contributed by atoms with Crippen LogP contribution in [0.25, 0.3) is 0 Å². The van der Waals surface area contributed by atoms with Gasteiger partial charge in [0.25, 0.3) is 5.91 Å². The van der Waals surface area contributed by atoms with Crippen molar-refractivity contribution in [2.45, 2.75) is 26.4 Å². The van der Waals surface area contributed by atoms with Crippen LogP contribution >= 0.6 is 0 Å². The molecular formula is C12H17N5O. The number of aromatic nitrogens is 4. The average Bonchev–Trinajstić information content (AvgIpc) is 2.99. The first-order valence-corrected chi connectivity index (χ1v) is 5.97. The fourth-order valence-electron chi connectivity index (χ4n) is 1.55. The van der Waals surface area contributed by atoms with Crippen molar-refractivity contribution in [3.8, 4) is 0 Å². The van der Waals surface area contributed by atoms with E-state index in [1.54, 1.807) is 21.6 Å². The molecule has 0 aromatic carbocycles. The Morgan fingerprint density at radius 1 is 1.44 bits per heavy atom. The topological polar surface area (TPSA) is 64.7 Å². The highest BCUT2D eigenvalue weighted by atomic mass is 16.1. The molecule has 1 N–H and O–H groups in total. The lowest BCUT2D eigenvalue weighted by molar-refractivity contribution is 0.0946. The summed E-state index contributed by atoms with van der Waals surface area (Å²) in [5, 5.41) is 11.1. The standard InChI is InChI=1S/C12H17N5O/c1-10(2)17-8-4-11(15-17)12(18)13-6-9-16-7-3-5-14-16/h3-5,7-8,10H,6,9H2,1-2H3,(H,13,18). The molecule has 0 saturated carbocycles. The van der Waals surface area contributed by atoms with E-state index < -0.39 is 0 Å². The molecule has 96 valence electrons. The SMILES string of the molecule is CC(C)n1ccc(C(=O)NCCn2cccn2)n1. The molecule has 0 aliphatic rings. The lowest BCUT2D eigenvalue weighted by atomic mass is 10.4. The maximum Gasteiger partial charge on any atom is 0.271 e. The van der Waals surface area contributed by atoms with Crippen molar-refractivity contribution in [1.29, 1.82) is 0 Å². The molecule has 0 atom stereocenters. The van der Waals surface area contributed by atoms with Crippen LogP contribution in [-0.2, 0) is 6.54 Å². The van der Waals surface area contributed by atoms with Crippen molar-refractivity contribution < 1.29 is 4.79 Å². The maximum atomic E-state index is 11.8.